The maximum Gasteiger partial charge on any atom is 0.000415 e. The standard InChI is InChI=1S/C8H19N/c1-5-9(6-2)7-8(3)4/h8H,5-7H2,1-4H3. The van der Waals surface area contributed by atoms with Gasteiger partial charge in [0.15, 0.2) is 0 Å². The minimum absolute atomic E-state index is 0.810. The summed E-state index contributed by atoms with van der Waals surface area (Å²) in [5.74, 6) is 0.810. The molecule has 0 atom stereocenters. The van der Waals surface area contributed by atoms with Crippen molar-refractivity contribution in [2.45, 2.75) is 27.7 Å². The highest BCUT2D eigenvalue weighted by molar-refractivity contribution is 4.54. The summed E-state index contributed by atoms with van der Waals surface area (Å²) in [5, 5.41) is 0. The molecule has 0 saturated carbocycles. The van der Waals surface area contributed by atoms with Crippen molar-refractivity contribution in [3.05, 3.63) is 0 Å². The van der Waals surface area contributed by atoms with Gasteiger partial charge in [-0.3, -0.25) is 0 Å². The second-order valence-corrected chi connectivity index (χ2v) is 2.88. The molecule has 56 valence electrons. The molecular formula is C8H19N. The van der Waals surface area contributed by atoms with E-state index in [1.807, 2.05) is 0 Å². The second kappa shape index (κ2) is 4.80. The molecule has 0 spiro atoms. The van der Waals surface area contributed by atoms with Gasteiger partial charge in [-0.1, -0.05) is 27.7 Å². The van der Waals surface area contributed by atoms with Crippen LogP contribution in [0.25, 0.3) is 0 Å². The Balaban J connectivity index is 3.31. The van der Waals surface area contributed by atoms with Crippen LogP contribution in [0.4, 0.5) is 0 Å². The van der Waals surface area contributed by atoms with Crippen LogP contribution in [-0.2, 0) is 0 Å². The molecule has 0 heterocycles. The lowest BCUT2D eigenvalue weighted by Gasteiger charge is -2.19. The highest BCUT2D eigenvalue weighted by Crippen LogP contribution is 1.96. The molecule has 0 radical (unpaired) electrons. The fourth-order valence-electron chi connectivity index (χ4n) is 0.998. The Hall–Kier alpha value is -0.0400. The molecular weight excluding hydrogens is 110 g/mol. The lowest BCUT2D eigenvalue weighted by atomic mass is 10.2. The van der Waals surface area contributed by atoms with Gasteiger partial charge in [0.05, 0.1) is 0 Å². The van der Waals surface area contributed by atoms with Crippen LogP contribution in [0.5, 0.6) is 0 Å². The zero-order valence-electron chi connectivity index (χ0n) is 7.15. The first-order chi connectivity index (χ1) is 4.20. The molecule has 0 aromatic rings. The van der Waals surface area contributed by atoms with Gasteiger partial charge in [-0.15, -0.1) is 0 Å². The summed E-state index contributed by atoms with van der Waals surface area (Å²) in [6, 6.07) is 0. The quantitative estimate of drug-likeness (QED) is 0.561. The zero-order chi connectivity index (χ0) is 7.28. The zero-order valence-corrected chi connectivity index (χ0v) is 7.15. The number of nitrogens with zero attached hydrogens (tertiary/aromatic N) is 1. The largest absolute Gasteiger partial charge is 0.304 e. The lowest BCUT2D eigenvalue weighted by molar-refractivity contribution is 0.269. The van der Waals surface area contributed by atoms with Gasteiger partial charge < -0.3 is 4.90 Å². The van der Waals surface area contributed by atoms with E-state index in [9.17, 15) is 0 Å². The van der Waals surface area contributed by atoms with Crippen molar-refractivity contribution in [1.82, 2.24) is 4.90 Å². The molecule has 0 N–H and O–H groups in total. The second-order valence-electron chi connectivity index (χ2n) is 2.88. The van der Waals surface area contributed by atoms with E-state index in [0.29, 0.717) is 0 Å². The van der Waals surface area contributed by atoms with Gasteiger partial charge in [-0.25, -0.2) is 0 Å². The minimum atomic E-state index is 0.810. The Kier molecular flexibility index (Phi) is 4.78. The third kappa shape index (κ3) is 4.46. The van der Waals surface area contributed by atoms with Gasteiger partial charge in [0.2, 0.25) is 0 Å². The van der Waals surface area contributed by atoms with E-state index in [-0.39, 0.29) is 0 Å². The van der Waals surface area contributed by atoms with Crippen molar-refractivity contribution in [3.8, 4) is 0 Å². The van der Waals surface area contributed by atoms with E-state index in [1.165, 1.54) is 19.6 Å². The molecule has 0 aliphatic carbocycles. The minimum Gasteiger partial charge on any atom is -0.304 e. The number of rotatable bonds is 4. The van der Waals surface area contributed by atoms with Crippen LogP contribution >= 0.6 is 0 Å². The summed E-state index contributed by atoms with van der Waals surface area (Å²) in [7, 11) is 0. The van der Waals surface area contributed by atoms with Crippen LogP contribution < -0.4 is 0 Å². The monoisotopic (exact) mass is 129 g/mol. The summed E-state index contributed by atoms with van der Waals surface area (Å²) in [6.07, 6.45) is 0. The van der Waals surface area contributed by atoms with Crippen LogP contribution in [0.15, 0.2) is 0 Å². The first kappa shape index (κ1) is 8.96. The molecule has 0 aromatic heterocycles. The van der Waals surface area contributed by atoms with Crippen LogP contribution in [0, 0.1) is 5.92 Å². The molecule has 0 unspecified atom stereocenters. The average Bonchev–Trinajstić information content (AvgIpc) is 1.82. The number of hydrogen-bond acceptors (Lipinski definition) is 1. The Labute approximate surface area is 59.1 Å². The average molecular weight is 129 g/mol. The molecule has 0 fully saturated rings. The van der Waals surface area contributed by atoms with Crippen molar-refractivity contribution >= 4 is 0 Å². The first-order valence-corrected chi connectivity index (χ1v) is 3.93. The van der Waals surface area contributed by atoms with Crippen molar-refractivity contribution in [2.24, 2.45) is 5.92 Å². The summed E-state index contributed by atoms with van der Waals surface area (Å²) < 4.78 is 0. The van der Waals surface area contributed by atoms with Gasteiger partial charge in [-0.05, 0) is 19.0 Å². The molecule has 0 saturated heterocycles. The van der Waals surface area contributed by atoms with E-state index in [0.717, 1.165) is 5.92 Å². The van der Waals surface area contributed by atoms with Crippen molar-refractivity contribution < 1.29 is 0 Å². The summed E-state index contributed by atoms with van der Waals surface area (Å²) in [6.45, 7) is 12.6. The molecule has 0 aliphatic rings. The molecule has 0 amide bonds. The Bertz CT molecular complexity index is 55.6. The predicted molar refractivity (Wildman–Crippen MR) is 42.6 cm³/mol. The van der Waals surface area contributed by atoms with Crippen LogP contribution in [0.2, 0.25) is 0 Å². The summed E-state index contributed by atoms with van der Waals surface area (Å²) in [5.41, 5.74) is 0. The highest BCUT2D eigenvalue weighted by Gasteiger charge is 1.99. The lowest BCUT2D eigenvalue weighted by Crippen LogP contribution is -2.26. The fraction of sp³-hybridized carbons (Fsp3) is 1.00. The third-order valence-electron chi connectivity index (χ3n) is 1.52. The molecule has 0 aromatic carbocycles. The van der Waals surface area contributed by atoms with Crippen molar-refractivity contribution in [3.63, 3.8) is 0 Å². The van der Waals surface area contributed by atoms with E-state index in [4.69, 9.17) is 0 Å². The molecule has 0 rings (SSSR count). The van der Waals surface area contributed by atoms with Gasteiger partial charge in [-0.2, -0.15) is 0 Å². The SMILES string of the molecule is CCN(CC)CC(C)C. The third-order valence-corrected chi connectivity index (χ3v) is 1.52. The molecule has 0 bridgehead atoms. The van der Waals surface area contributed by atoms with Crippen molar-refractivity contribution in [2.75, 3.05) is 19.6 Å². The van der Waals surface area contributed by atoms with Crippen LogP contribution in [-0.4, -0.2) is 24.5 Å². The van der Waals surface area contributed by atoms with Gasteiger partial charge in [0.1, 0.15) is 0 Å². The van der Waals surface area contributed by atoms with Crippen LogP contribution in [0.1, 0.15) is 27.7 Å². The topological polar surface area (TPSA) is 3.24 Å². The normalized spacial score (nSPS) is 11.3. The Morgan fingerprint density at radius 3 is 1.67 bits per heavy atom. The van der Waals surface area contributed by atoms with Gasteiger partial charge >= 0.3 is 0 Å². The smallest absolute Gasteiger partial charge is 0.000415 e. The number of hydrogen-bond donors (Lipinski definition) is 0. The maximum atomic E-state index is 2.45. The van der Waals surface area contributed by atoms with E-state index in [2.05, 4.69) is 32.6 Å². The Morgan fingerprint density at radius 1 is 1.11 bits per heavy atom. The van der Waals surface area contributed by atoms with E-state index >= 15 is 0 Å². The van der Waals surface area contributed by atoms with Crippen LogP contribution in [0.3, 0.4) is 0 Å². The van der Waals surface area contributed by atoms with Gasteiger partial charge in [0, 0.05) is 6.54 Å². The highest BCUT2D eigenvalue weighted by atomic mass is 15.1. The summed E-state index contributed by atoms with van der Waals surface area (Å²) >= 11 is 0. The fourth-order valence-corrected chi connectivity index (χ4v) is 0.998. The first-order valence-electron chi connectivity index (χ1n) is 3.93. The summed E-state index contributed by atoms with van der Waals surface area (Å²) in [4.78, 5) is 2.45. The van der Waals surface area contributed by atoms with E-state index < -0.39 is 0 Å². The maximum absolute atomic E-state index is 2.45. The van der Waals surface area contributed by atoms with E-state index in [1.54, 1.807) is 0 Å². The molecule has 9 heavy (non-hydrogen) atoms. The molecule has 1 heteroatoms. The molecule has 0 aliphatic heterocycles. The van der Waals surface area contributed by atoms with Gasteiger partial charge in [0.25, 0.3) is 0 Å². The van der Waals surface area contributed by atoms with Crippen molar-refractivity contribution in [1.29, 1.82) is 0 Å². The molecule has 1 nitrogen and oxygen atoms in total. The predicted octanol–water partition coefficient (Wildman–Crippen LogP) is 1.98. The Morgan fingerprint density at radius 2 is 1.56 bits per heavy atom.